The van der Waals surface area contributed by atoms with Crippen LogP contribution in [0.25, 0.3) is 16.7 Å². The number of carbonyl (C=O) groups is 2. The van der Waals surface area contributed by atoms with Crippen LogP contribution in [0.2, 0.25) is 0 Å². The zero-order valence-corrected chi connectivity index (χ0v) is 20.4. The van der Waals surface area contributed by atoms with Crippen LogP contribution in [0.1, 0.15) is 53.8 Å². The van der Waals surface area contributed by atoms with E-state index >= 15 is 0 Å². The summed E-state index contributed by atoms with van der Waals surface area (Å²) in [5.74, 6) is -1.44. The average Bonchev–Trinajstić information content (AvgIpc) is 2.90. The SMILES string of the molecule is CCCCCn1c(=NC(=O)c2ccc([N+](=O)[O-])cc2)c(C(=O)OCC)cc2c(=O)n3ccccc3nc21. The van der Waals surface area contributed by atoms with Crippen LogP contribution in [0.5, 0.6) is 0 Å². The third kappa shape index (κ3) is 5.15. The number of ether oxygens (including phenoxy) is 1. The Morgan fingerprint density at radius 2 is 1.86 bits per heavy atom. The zero-order chi connectivity index (χ0) is 26.5. The number of nitrogens with zero attached hydrogens (tertiary/aromatic N) is 5. The number of benzene rings is 1. The Balaban J connectivity index is 2.04. The summed E-state index contributed by atoms with van der Waals surface area (Å²) < 4.78 is 8.21. The first-order chi connectivity index (χ1) is 17.8. The van der Waals surface area contributed by atoms with Crippen molar-refractivity contribution in [2.75, 3.05) is 6.61 Å². The lowest BCUT2D eigenvalue weighted by Gasteiger charge is -2.15. The summed E-state index contributed by atoms with van der Waals surface area (Å²) in [6, 6.07) is 11.5. The van der Waals surface area contributed by atoms with Crippen molar-refractivity contribution in [3.8, 4) is 0 Å². The molecule has 0 N–H and O–H groups in total. The smallest absolute Gasteiger partial charge is 0.341 e. The van der Waals surface area contributed by atoms with Gasteiger partial charge >= 0.3 is 5.97 Å². The molecule has 0 atom stereocenters. The van der Waals surface area contributed by atoms with E-state index in [4.69, 9.17) is 4.74 Å². The Morgan fingerprint density at radius 1 is 1.11 bits per heavy atom. The third-order valence-electron chi connectivity index (χ3n) is 5.80. The average molecular weight is 504 g/mol. The van der Waals surface area contributed by atoms with Crippen molar-refractivity contribution < 1.29 is 19.2 Å². The largest absolute Gasteiger partial charge is 0.462 e. The van der Waals surface area contributed by atoms with Crippen LogP contribution < -0.4 is 11.0 Å². The van der Waals surface area contributed by atoms with Crippen LogP contribution >= 0.6 is 0 Å². The van der Waals surface area contributed by atoms with E-state index in [1.807, 2.05) is 6.92 Å². The number of rotatable bonds is 8. The Labute approximate surface area is 210 Å². The van der Waals surface area contributed by atoms with Gasteiger partial charge in [0.25, 0.3) is 17.2 Å². The molecule has 11 nitrogen and oxygen atoms in total. The lowest BCUT2D eigenvalue weighted by Crippen LogP contribution is -2.33. The van der Waals surface area contributed by atoms with Gasteiger partial charge < -0.3 is 9.30 Å². The number of carbonyl (C=O) groups excluding carboxylic acids is 2. The maximum Gasteiger partial charge on any atom is 0.341 e. The summed E-state index contributed by atoms with van der Waals surface area (Å²) in [6.07, 6.45) is 4.06. The number of hydrogen-bond acceptors (Lipinski definition) is 7. The van der Waals surface area contributed by atoms with Gasteiger partial charge in [0.1, 0.15) is 16.9 Å². The molecule has 0 aliphatic rings. The molecule has 0 saturated carbocycles. The van der Waals surface area contributed by atoms with Crippen molar-refractivity contribution in [2.24, 2.45) is 4.99 Å². The Kier molecular flexibility index (Phi) is 7.52. The van der Waals surface area contributed by atoms with Gasteiger partial charge in [0.2, 0.25) is 0 Å². The van der Waals surface area contributed by atoms with Crippen molar-refractivity contribution in [3.05, 3.63) is 91.8 Å². The normalized spacial score (nSPS) is 11.7. The lowest BCUT2D eigenvalue weighted by atomic mass is 10.1. The third-order valence-corrected chi connectivity index (χ3v) is 5.80. The first-order valence-corrected chi connectivity index (χ1v) is 11.9. The molecule has 3 aromatic heterocycles. The van der Waals surface area contributed by atoms with Gasteiger partial charge in [-0.2, -0.15) is 4.99 Å². The van der Waals surface area contributed by atoms with E-state index in [2.05, 4.69) is 9.98 Å². The number of non-ortho nitro benzene ring substituents is 1. The summed E-state index contributed by atoms with van der Waals surface area (Å²) in [5.41, 5.74) is 0.223. The molecular formula is C26H25N5O6. The standard InChI is InChI=1S/C26H25N5O6/c1-3-5-7-15-30-22-19(25(33)29-14-8-6-9-21(29)27-22)16-20(26(34)37-4-2)23(30)28-24(32)17-10-12-18(13-11-17)31(35)36/h6,8-14,16H,3-5,7,15H2,1-2H3. The summed E-state index contributed by atoms with van der Waals surface area (Å²) in [7, 11) is 0. The molecule has 37 heavy (non-hydrogen) atoms. The van der Waals surface area contributed by atoms with Crippen LogP contribution in [-0.2, 0) is 11.3 Å². The second-order valence-corrected chi connectivity index (χ2v) is 8.26. The molecule has 0 fully saturated rings. The molecule has 1 amide bonds. The van der Waals surface area contributed by atoms with Crippen molar-refractivity contribution >= 4 is 34.2 Å². The monoisotopic (exact) mass is 503 g/mol. The first-order valence-electron chi connectivity index (χ1n) is 11.9. The van der Waals surface area contributed by atoms with E-state index in [0.29, 0.717) is 18.6 Å². The van der Waals surface area contributed by atoms with Crippen LogP contribution in [0.4, 0.5) is 5.69 Å². The van der Waals surface area contributed by atoms with Gasteiger partial charge in [-0.1, -0.05) is 25.8 Å². The van der Waals surface area contributed by atoms with Crippen molar-refractivity contribution in [2.45, 2.75) is 39.7 Å². The molecule has 4 aromatic rings. The number of hydrogen-bond donors (Lipinski definition) is 0. The fourth-order valence-corrected chi connectivity index (χ4v) is 3.98. The molecule has 0 unspecified atom stereocenters. The summed E-state index contributed by atoms with van der Waals surface area (Å²) in [4.78, 5) is 58.8. The molecule has 0 saturated heterocycles. The minimum atomic E-state index is -0.735. The molecular weight excluding hydrogens is 478 g/mol. The highest BCUT2D eigenvalue weighted by Crippen LogP contribution is 2.15. The summed E-state index contributed by atoms with van der Waals surface area (Å²) in [6.45, 7) is 4.12. The number of fused-ring (bicyclic) bond motifs is 2. The van der Waals surface area contributed by atoms with Crippen LogP contribution in [0, 0.1) is 10.1 Å². The van der Waals surface area contributed by atoms with E-state index in [1.54, 1.807) is 35.9 Å². The summed E-state index contributed by atoms with van der Waals surface area (Å²) >= 11 is 0. The predicted octanol–water partition coefficient (Wildman–Crippen LogP) is 3.67. The molecule has 4 rings (SSSR count). The lowest BCUT2D eigenvalue weighted by molar-refractivity contribution is -0.384. The van der Waals surface area contributed by atoms with E-state index < -0.39 is 16.8 Å². The second-order valence-electron chi connectivity index (χ2n) is 8.26. The van der Waals surface area contributed by atoms with Gasteiger partial charge in [0.05, 0.1) is 16.9 Å². The molecule has 190 valence electrons. The van der Waals surface area contributed by atoms with E-state index in [-0.39, 0.29) is 45.5 Å². The van der Waals surface area contributed by atoms with Gasteiger partial charge in [0.15, 0.2) is 5.49 Å². The molecule has 0 aliphatic heterocycles. The Morgan fingerprint density at radius 3 is 2.54 bits per heavy atom. The van der Waals surface area contributed by atoms with E-state index in [9.17, 15) is 24.5 Å². The van der Waals surface area contributed by atoms with Gasteiger partial charge in [0, 0.05) is 30.4 Å². The highest BCUT2D eigenvalue weighted by Gasteiger charge is 2.20. The molecule has 0 spiro atoms. The molecule has 0 radical (unpaired) electrons. The van der Waals surface area contributed by atoms with E-state index in [1.165, 1.54) is 34.7 Å². The number of nitro benzene ring substituents is 1. The molecule has 1 aromatic carbocycles. The quantitative estimate of drug-likeness (QED) is 0.118. The second kappa shape index (κ2) is 10.9. The Hall–Kier alpha value is -4.67. The van der Waals surface area contributed by atoms with Gasteiger partial charge in [-0.15, -0.1) is 0 Å². The maximum atomic E-state index is 13.3. The van der Waals surface area contributed by atoms with Crippen LogP contribution in [-0.4, -0.2) is 37.4 Å². The number of unbranched alkanes of at least 4 members (excludes halogenated alkanes) is 2. The van der Waals surface area contributed by atoms with Crippen molar-refractivity contribution in [1.29, 1.82) is 0 Å². The first kappa shape index (κ1) is 25.4. The highest BCUT2D eigenvalue weighted by molar-refractivity contribution is 5.97. The molecule has 11 heteroatoms. The minimum Gasteiger partial charge on any atom is -0.462 e. The number of esters is 1. The zero-order valence-electron chi connectivity index (χ0n) is 20.4. The molecule has 3 heterocycles. The fraction of sp³-hybridized carbons (Fsp3) is 0.269. The number of pyridine rings is 2. The molecule has 0 aliphatic carbocycles. The topological polar surface area (TPSA) is 138 Å². The van der Waals surface area contributed by atoms with Crippen LogP contribution in [0.3, 0.4) is 0 Å². The van der Waals surface area contributed by atoms with Crippen LogP contribution in [0.15, 0.2) is 64.5 Å². The Bertz CT molecular complexity index is 1640. The van der Waals surface area contributed by atoms with Crippen molar-refractivity contribution in [3.63, 3.8) is 0 Å². The number of nitro groups is 1. The maximum absolute atomic E-state index is 13.3. The van der Waals surface area contributed by atoms with Gasteiger partial charge in [-0.3, -0.25) is 24.1 Å². The highest BCUT2D eigenvalue weighted by atomic mass is 16.6. The van der Waals surface area contributed by atoms with Gasteiger partial charge in [-0.05, 0) is 43.7 Å². The summed E-state index contributed by atoms with van der Waals surface area (Å²) in [5, 5.41) is 11.2. The number of amides is 1. The van der Waals surface area contributed by atoms with E-state index in [0.717, 1.165) is 12.8 Å². The molecule has 0 bridgehead atoms. The number of aromatic nitrogens is 3. The predicted molar refractivity (Wildman–Crippen MR) is 135 cm³/mol. The fourth-order valence-electron chi connectivity index (χ4n) is 3.98. The minimum absolute atomic E-state index is 0.0117. The number of aryl methyl sites for hydroxylation is 1. The van der Waals surface area contributed by atoms with Gasteiger partial charge in [-0.25, -0.2) is 9.78 Å². The van der Waals surface area contributed by atoms with Crippen molar-refractivity contribution in [1.82, 2.24) is 14.0 Å².